The number of carbonyl (C=O) groups is 2. The van der Waals surface area contributed by atoms with Crippen LogP contribution in [0.25, 0.3) is 0 Å². The molecule has 0 aliphatic carbocycles. The Balaban J connectivity index is 2.53. The minimum atomic E-state index is -0.401. The number of methoxy groups -OCH3 is 1. The third kappa shape index (κ3) is 4.58. The zero-order valence-electron chi connectivity index (χ0n) is 8.94. The van der Waals surface area contributed by atoms with Crippen LogP contribution < -0.4 is 5.32 Å². The van der Waals surface area contributed by atoms with Gasteiger partial charge in [0.15, 0.2) is 0 Å². The molecule has 1 aromatic heterocycles. The summed E-state index contributed by atoms with van der Waals surface area (Å²) >= 11 is 5.14. The van der Waals surface area contributed by atoms with Gasteiger partial charge in [0.2, 0.25) is 0 Å². The van der Waals surface area contributed by atoms with Crippen molar-refractivity contribution in [2.45, 2.75) is 3.92 Å². The molecule has 0 saturated carbocycles. The normalized spacial score (nSPS) is 11.7. The van der Waals surface area contributed by atoms with E-state index in [1.807, 2.05) is 22.6 Å². The molecule has 0 aromatic carbocycles. The average Bonchev–Trinajstić information content (AvgIpc) is 2.34. The summed E-state index contributed by atoms with van der Waals surface area (Å²) in [6, 6.07) is 1.66. The Kier molecular flexibility index (Phi) is 5.83. The number of rotatable bonds is 4. The van der Waals surface area contributed by atoms with Gasteiger partial charge in [-0.15, -0.1) is 0 Å². The zero-order valence-corrected chi connectivity index (χ0v) is 12.7. The van der Waals surface area contributed by atoms with Crippen molar-refractivity contribution < 1.29 is 14.3 Å². The molecule has 1 N–H and O–H groups in total. The summed E-state index contributed by atoms with van der Waals surface area (Å²) in [6.45, 7) is 0.221. The monoisotopic (exact) mass is 412 g/mol. The fraction of sp³-hybridized carbons (Fsp3) is 0.300. The second-order valence-corrected chi connectivity index (χ2v) is 5.51. The molecule has 7 heteroatoms. The van der Waals surface area contributed by atoms with Crippen molar-refractivity contribution in [3.05, 3.63) is 28.5 Å². The highest BCUT2D eigenvalue weighted by molar-refractivity contribution is 14.1. The zero-order chi connectivity index (χ0) is 12.8. The van der Waals surface area contributed by atoms with Gasteiger partial charge in [-0.25, -0.2) is 0 Å². The predicted octanol–water partition coefficient (Wildman–Crippen LogP) is 1.55. The first kappa shape index (κ1) is 14.4. The first-order valence-electron chi connectivity index (χ1n) is 4.65. The number of pyridine rings is 1. The molecule has 0 aliphatic rings. The molecule has 0 saturated heterocycles. The summed E-state index contributed by atoms with van der Waals surface area (Å²) in [5.41, 5.74) is 0.438. The number of ether oxygens (including phenoxy) is 1. The van der Waals surface area contributed by atoms with Gasteiger partial charge in [0, 0.05) is 23.4 Å². The average molecular weight is 413 g/mol. The maximum atomic E-state index is 11.7. The summed E-state index contributed by atoms with van der Waals surface area (Å²) in [4.78, 5) is 26.7. The van der Waals surface area contributed by atoms with Gasteiger partial charge in [0.25, 0.3) is 5.91 Å². The Morgan fingerprint density at radius 1 is 1.59 bits per heavy atom. The molecule has 1 amide bonds. The third-order valence-corrected chi connectivity index (χ3v) is 3.25. The Morgan fingerprint density at radius 3 is 2.88 bits per heavy atom. The highest BCUT2D eigenvalue weighted by Gasteiger charge is 2.16. The van der Waals surface area contributed by atoms with Crippen LogP contribution in [-0.2, 0) is 9.53 Å². The van der Waals surface area contributed by atoms with Crippen LogP contribution in [0.3, 0.4) is 0 Å². The second kappa shape index (κ2) is 6.90. The van der Waals surface area contributed by atoms with E-state index in [4.69, 9.17) is 0 Å². The van der Waals surface area contributed by atoms with Crippen LogP contribution in [0.1, 0.15) is 10.4 Å². The maximum absolute atomic E-state index is 11.7. The lowest BCUT2D eigenvalue weighted by atomic mass is 10.2. The Labute approximate surface area is 121 Å². The number of nitrogens with one attached hydrogen (secondary N) is 1. The van der Waals surface area contributed by atoms with E-state index in [9.17, 15) is 9.59 Å². The predicted molar refractivity (Wildman–Crippen MR) is 74.1 cm³/mol. The van der Waals surface area contributed by atoms with Crippen LogP contribution in [0.2, 0.25) is 0 Å². The van der Waals surface area contributed by atoms with E-state index >= 15 is 0 Å². The summed E-state index contributed by atoms with van der Waals surface area (Å²) in [5.74, 6) is -0.636. The van der Waals surface area contributed by atoms with Crippen molar-refractivity contribution >= 4 is 50.4 Å². The Morgan fingerprint density at radius 2 is 2.29 bits per heavy atom. The van der Waals surface area contributed by atoms with E-state index in [1.165, 1.54) is 13.3 Å². The summed E-state index contributed by atoms with van der Waals surface area (Å²) in [5, 5.41) is 2.63. The van der Waals surface area contributed by atoms with E-state index in [0.717, 1.165) is 4.47 Å². The van der Waals surface area contributed by atoms with Gasteiger partial charge >= 0.3 is 5.97 Å². The summed E-state index contributed by atoms with van der Waals surface area (Å²) in [6.07, 6.45) is 3.05. The van der Waals surface area contributed by atoms with Gasteiger partial charge < -0.3 is 10.1 Å². The Bertz CT molecular complexity index is 428. The van der Waals surface area contributed by atoms with Crippen molar-refractivity contribution in [3.8, 4) is 0 Å². The molecule has 1 heterocycles. The maximum Gasteiger partial charge on any atom is 0.320 e. The standard InChI is InChI=1S/C10H10BrIN2O3/c1-17-10(16)8(12)5-14-9(15)6-2-7(11)4-13-3-6/h2-4,8H,5H2,1H3,(H,14,15). The molecule has 1 unspecified atom stereocenters. The van der Waals surface area contributed by atoms with E-state index in [-0.39, 0.29) is 18.4 Å². The quantitative estimate of drug-likeness (QED) is 0.463. The van der Waals surface area contributed by atoms with E-state index < -0.39 is 3.92 Å². The number of carbonyl (C=O) groups excluding carboxylic acids is 2. The molecule has 1 atom stereocenters. The van der Waals surface area contributed by atoms with Crippen LogP contribution in [0.15, 0.2) is 22.9 Å². The van der Waals surface area contributed by atoms with Crippen molar-refractivity contribution in [1.29, 1.82) is 0 Å². The third-order valence-electron chi connectivity index (χ3n) is 1.87. The molecule has 1 rings (SSSR count). The van der Waals surface area contributed by atoms with Gasteiger partial charge in [-0.2, -0.15) is 0 Å². The SMILES string of the molecule is COC(=O)C(I)CNC(=O)c1cncc(Br)c1. The fourth-order valence-corrected chi connectivity index (χ4v) is 1.87. The van der Waals surface area contributed by atoms with Gasteiger partial charge in [-0.1, -0.05) is 22.6 Å². The summed E-state index contributed by atoms with van der Waals surface area (Å²) in [7, 11) is 1.31. The number of esters is 1. The molecule has 5 nitrogen and oxygen atoms in total. The van der Waals surface area contributed by atoms with Crippen molar-refractivity contribution in [2.24, 2.45) is 0 Å². The lowest BCUT2D eigenvalue weighted by Gasteiger charge is -2.09. The number of aromatic nitrogens is 1. The molecule has 0 fully saturated rings. The molecule has 0 radical (unpaired) electrons. The molecule has 92 valence electrons. The molecular weight excluding hydrogens is 403 g/mol. The molecular formula is C10H10BrIN2O3. The fourth-order valence-electron chi connectivity index (χ4n) is 1.03. The van der Waals surface area contributed by atoms with Crippen LogP contribution in [0, 0.1) is 0 Å². The molecule has 0 bridgehead atoms. The number of hydrogen-bond donors (Lipinski definition) is 1. The van der Waals surface area contributed by atoms with Gasteiger partial charge in [-0.3, -0.25) is 14.6 Å². The summed E-state index contributed by atoms with van der Waals surface area (Å²) < 4.78 is 4.88. The van der Waals surface area contributed by atoms with Gasteiger partial charge in [0.1, 0.15) is 3.92 Å². The number of amides is 1. The van der Waals surface area contributed by atoms with E-state index in [1.54, 1.807) is 12.3 Å². The number of hydrogen-bond acceptors (Lipinski definition) is 4. The van der Waals surface area contributed by atoms with Crippen LogP contribution in [0.5, 0.6) is 0 Å². The van der Waals surface area contributed by atoms with Crippen LogP contribution in [-0.4, -0.2) is 34.4 Å². The first-order chi connectivity index (χ1) is 8.04. The first-order valence-corrected chi connectivity index (χ1v) is 6.69. The molecule has 17 heavy (non-hydrogen) atoms. The minimum Gasteiger partial charge on any atom is -0.468 e. The molecule has 0 aliphatic heterocycles. The molecule has 1 aromatic rings. The minimum absolute atomic E-state index is 0.221. The number of nitrogens with zero attached hydrogens (tertiary/aromatic N) is 1. The number of halogens is 2. The van der Waals surface area contributed by atoms with Crippen LogP contribution in [0.4, 0.5) is 0 Å². The van der Waals surface area contributed by atoms with Crippen molar-refractivity contribution in [3.63, 3.8) is 0 Å². The highest BCUT2D eigenvalue weighted by atomic mass is 127. The topological polar surface area (TPSA) is 68.3 Å². The molecule has 0 spiro atoms. The smallest absolute Gasteiger partial charge is 0.320 e. The lowest BCUT2D eigenvalue weighted by Crippen LogP contribution is -2.33. The van der Waals surface area contributed by atoms with Gasteiger partial charge in [-0.05, 0) is 22.0 Å². The lowest BCUT2D eigenvalue weighted by molar-refractivity contribution is -0.139. The largest absolute Gasteiger partial charge is 0.468 e. The van der Waals surface area contributed by atoms with Crippen LogP contribution >= 0.6 is 38.5 Å². The van der Waals surface area contributed by atoms with E-state index in [0.29, 0.717) is 5.56 Å². The number of alkyl halides is 1. The van der Waals surface area contributed by atoms with Crippen molar-refractivity contribution in [1.82, 2.24) is 10.3 Å². The second-order valence-electron chi connectivity index (χ2n) is 3.09. The van der Waals surface area contributed by atoms with Crippen molar-refractivity contribution in [2.75, 3.05) is 13.7 Å². The van der Waals surface area contributed by atoms with E-state index in [2.05, 4.69) is 31.0 Å². The van der Waals surface area contributed by atoms with Gasteiger partial charge in [0.05, 0.1) is 12.7 Å². The highest BCUT2D eigenvalue weighted by Crippen LogP contribution is 2.09. The Hall–Kier alpha value is -0.700.